The average molecular weight is 358 g/mol. The third-order valence-electron chi connectivity index (χ3n) is 6.09. The molecule has 2 aromatic rings. The van der Waals surface area contributed by atoms with E-state index in [1.165, 1.54) is 16.1 Å². The highest BCUT2D eigenvalue weighted by atomic mass is 16.2. The van der Waals surface area contributed by atoms with Crippen molar-refractivity contribution in [1.29, 1.82) is 0 Å². The van der Waals surface area contributed by atoms with E-state index in [1.807, 2.05) is 12.1 Å². The summed E-state index contributed by atoms with van der Waals surface area (Å²) in [6, 6.07) is 18.9. The van der Waals surface area contributed by atoms with Crippen LogP contribution in [-0.4, -0.2) is 18.0 Å². The van der Waals surface area contributed by atoms with Crippen LogP contribution in [0.25, 0.3) is 0 Å². The van der Waals surface area contributed by atoms with Gasteiger partial charge in [-0.2, -0.15) is 0 Å². The lowest BCUT2D eigenvalue weighted by atomic mass is 9.67. The molecule has 3 nitrogen and oxygen atoms in total. The number of allylic oxidation sites excluding steroid dienone is 4. The van der Waals surface area contributed by atoms with Crippen molar-refractivity contribution in [3.05, 3.63) is 95.6 Å². The Balaban J connectivity index is 1.73. The second kappa shape index (κ2) is 7.16. The minimum atomic E-state index is -0.596. The van der Waals surface area contributed by atoms with Crippen molar-refractivity contribution in [2.45, 2.75) is 30.6 Å². The van der Waals surface area contributed by atoms with Gasteiger partial charge in [0.05, 0.1) is 5.41 Å². The third kappa shape index (κ3) is 2.92. The maximum Gasteiger partial charge on any atom is 0.247 e. The quantitative estimate of drug-likeness (QED) is 0.496. The van der Waals surface area contributed by atoms with Crippen LogP contribution in [0.5, 0.6) is 0 Å². The van der Waals surface area contributed by atoms with E-state index in [4.69, 9.17) is 5.84 Å². The normalized spacial score (nSPS) is 25.1. The molecule has 0 bridgehead atoms. The smallest absolute Gasteiger partial charge is 0.247 e. The molecule has 0 spiro atoms. The fraction of sp³-hybridized carbons (Fsp3) is 0.292. The number of hydrazine groups is 1. The topological polar surface area (TPSA) is 46.3 Å². The van der Waals surface area contributed by atoms with Gasteiger partial charge in [-0.1, -0.05) is 78.9 Å². The Hall–Kier alpha value is -2.65. The van der Waals surface area contributed by atoms with Crippen molar-refractivity contribution >= 4 is 5.91 Å². The minimum absolute atomic E-state index is 0.00969. The molecule has 3 atom stereocenters. The fourth-order valence-electron chi connectivity index (χ4n) is 4.95. The van der Waals surface area contributed by atoms with Crippen LogP contribution in [0.3, 0.4) is 0 Å². The van der Waals surface area contributed by atoms with E-state index in [0.29, 0.717) is 0 Å². The Morgan fingerprint density at radius 2 is 1.74 bits per heavy atom. The monoisotopic (exact) mass is 358 g/mol. The summed E-state index contributed by atoms with van der Waals surface area (Å²) in [6.45, 7) is 0. The van der Waals surface area contributed by atoms with Gasteiger partial charge in [0.2, 0.25) is 5.91 Å². The van der Waals surface area contributed by atoms with Crippen molar-refractivity contribution in [3.8, 4) is 0 Å². The average Bonchev–Trinajstić information content (AvgIpc) is 2.99. The van der Waals surface area contributed by atoms with E-state index in [2.05, 4.69) is 66.8 Å². The first-order chi connectivity index (χ1) is 13.1. The summed E-state index contributed by atoms with van der Waals surface area (Å²) in [6.07, 6.45) is 11.3. The number of rotatable bonds is 5. The second-order valence-corrected chi connectivity index (χ2v) is 7.64. The summed E-state index contributed by atoms with van der Waals surface area (Å²) in [5.74, 6) is 6.38. The number of nitrogens with two attached hydrogens (primary N) is 1. The molecule has 2 aliphatic rings. The molecule has 1 amide bonds. The molecule has 2 aromatic carbocycles. The van der Waals surface area contributed by atoms with Crippen LogP contribution in [0.2, 0.25) is 0 Å². The summed E-state index contributed by atoms with van der Waals surface area (Å²) >= 11 is 0. The van der Waals surface area contributed by atoms with Crippen molar-refractivity contribution < 1.29 is 4.79 Å². The Kier molecular flexibility index (Phi) is 4.71. The summed E-state index contributed by atoms with van der Waals surface area (Å²) in [7, 11) is 1.67. The zero-order chi connectivity index (χ0) is 18.9. The molecule has 0 saturated heterocycles. The highest BCUT2D eigenvalue weighted by molar-refractivity contribution is 5.90. The number of fused-ring (bicyclic) bond motifs is 3. The Morgan fingerprint density at radius 1 is 1.04 bits per heavy atom. The first-order valence-electron chi connectivity index (χ1n) is 9.66. The van der Waals surface area contributed by atoms with Crippen LogP contribution in [0.15, 0.2) is 78.9 Å². The number of aryl methyl sites for hydroxylation is 1. The van der Waals surface area contributed by atoms with Crippen LogP contribution in [0.4, 0.5) is 0 Å². The van der Waals surface area contributed by atoms with Gasteiger partial charge in [-0.3, -0.25) is 9.80 Å². The number of hydrogen-bond donors (Lipinski definition) is 1. The lowest BCUT2D eigenvalue weighted by Gasteiger charge is -2.37. The Morgan fingerprint density at radius 3 is 2.52 bits per heavy atom. The molecule has 0 radical (unpaired) electrons. The summed E-state index contributed by atoms with van der Waals surface area (Å²) in [5.41, 5.74) is 3.12. The lowest BCUT2D eigenvalue weighted by Crippen LogP contribution is -2.51. The van der Waals surface area contributed by atoms with Gasteiger partial charge in [0.15, 0.2) is 0 Å². The highest BCUT2D eigenvalue weighted by Gasteiger charge is 2.55. The maximum absolute atomic E-state index is 13.5. The number of carbonyl (C=O) groups is 1. The molecule has 3 unspecified atom stereocenters. The van der Waals surface area contributed by atoms with Gasteiger partial charge in [0, 0.05) is 18.9 Å². The molecule has 3 heteroatoms. The standard InChI is InChI=1S/C24H26N2O/c1-26(25)23(27)24(17-9-12-18-10-3-2-4-11-18)21-15-7-5-13-19(21)20-14-6-8-16-22(20)24/h2-8,10-11,13-16,19,21H,9,12,17,25H2,1H3. The molecule has 0 saturated carbocycles. The summed E-state index contributed by atoms with van der Waals surface area (Å²) < 4.78 is 0. The van der Waals surface area contributed by atoms with Crippen molar-refractivity contribution in [3.63, 3.8) is 0 Å². The summed E-state index contributed by atoms with van der Waals surface area (Å²) in [5, 5.41) is 1.29. The predicted molar refractivity (Wildman–Crippen MR) is 109 cm³/mol. The third-order valence-corrected chi connectivity index (χ3v) is 6.09. The minimum Gasteiger partial charge on any atom is -0.283 e. The summed E-state index contributed by atoms with van der Waals surface area (Å²) in [4.78, 5) is 13.5. The van der Waals surface area contributed by atoms with Crippen LogP contribution in [0.1, 0.15) is 35.4 Å². The van der Waals surface area contributed by atoms with Gasteiger partial charge in [-0.25, -0.2) is 5.84 Å². The number of likely N-dealkylation sites (N-methyl/N-ethyl adjacent to an activating group) is 1. The Bertz CT molecular complexity index is 884. The molecule has 0 aliphatic heterocycles. The molecule has 0 fully saturated rings. The molecular weight excluding hydrogens is 332 g/mol. The first-order valence-corrected chi connectivity index (χ1v) is 9.66. The van der Waals surface area contributed by atoms with E-state index >= 15 is 0 Å². The fourth-order valence-corrected chi connectivity index (χ4v) is 4.95. The number of hydrogen-bond acceptors (Lipinski definition) is 2. The molecule has 0 heterocycles. The van der Waals surface area contributed by atoms with Crippen molar-refractivity contribution in [2.75, 3.05) is 7.05 Å². The molecule has 138 valence electrons. The second-order valence-electron chi connectivity index (χ2n) is 7.64. The van der Waals surface area contributed by atoms with E-state index in [-0.39, 0.29) is 17.7 Å². The number of amides is 1. The van der Waals surface area contributed by atoms with Gasteiger partial charge in [0.1, 0.15) is 0 Å². The van der Waals surface area contributed by atoms with E-state index in [0.717, 1.165) is 24.8 Å². The van der Waals surface area contributed by atoms with Gasteiger partial charge < -0.3 is 0 Å². The van der Waals surface area contributed by atoms with Gasteiger partial charge in [-0.05, 0) is 36.0 Å². The van der Waals surface area contributed by atoms with Gasteiger partial charge >= 0.3 is 0 Å². The van der Waals surface area contributed by atoms with E-state index < -0.39 is 5.41 Å². The molecule has 4 rings (SSSR count). The van der Waals surface area contributed by atoms with E-state index in [9.17, 15) is 4.79 Å². The molecule has 2 aliphatic carbocycles. The maximum atomic E-state index is 13.5. The van der Waals surface area contributed by atoms with Crippen molar-refractivity contribution in [2.24, 2.45) is 11.8 Å². The SMILES string of the molecule is CN(N)C(=O)C1(CCCc2ccccc2)c2ccccc2C2C=CC=CC21. The van der Waals surface area contributed by atoms with Crippen LogP contribution < -0.4 is 5.84 Å². The highest BCUT2D eigenvalue weighted by Crippen LogP contribution is 2.55. The predicted octanol–water partition coefficient (Wildman–Crippen LogP) is 4.12. The first kappa shape index (κ1) is 17.7. The van der Waals surface area contributed by atoms with Crippen molar-refractivity contribution in [1.82, 2.24) is 5.01 Å². The molecule has 0 aromatic heterocycles. The zero-order valence-electron chi connectivity index (χ0n) is 15.7. The lowest BCUT2D eigenvalue weighted by molar-refractivity contribution is -0.138. The number of nitrogens with zero attached hydrogens (tertiary/aromatic N) is 1. The molecule has 27 heavy (non-hydrogen) atoms. The van der Waals surface area contributed by atoms with Crippen LogP contribution >= 0.6 is 0 Å². The van der Waals surface area contributed by atoms with Gasteiger partial charge in [-0.15, -0.1) is 0 Å². The van der Waals surface area contributed by atoms with Gasteiger partial charge in [0.25, 0.3) is 0 Å². The molecular formula is C24H26N2O. The Labute approximate surface area is 161 Å². The zero-order valence-corrected chi connectivity index (χ0v) is 15.7. The number of benzene rings is 2. The van der Waals surface area contributed by atoms with Crippen LogP contribution in [0, 0.1) is 5.92 Å². The van der Waals surface area contributed by atoms with E-state index in [1.54, 1.807) is 7.05 Å². The van der Waals surface area contributed by atoms with Crippen LogP contribution in [-0.2, 0) is 16.6 Å². The molecule has 2 N–H and O–H groups in total. The number of carbonyl (C=O) groups excluding carboxylic acids is 1. The largest absolute Gasteiger partial charge is 0.283 e.